The van der Waals surface area contributed by atoms with Crippen molar-refractivity contribution < 1.29 is 28.6 Å². The number of benzene rings is 2. The van der Waals surface area contributed by atoms with E-state index in [1.54, 1.807) is 45.5 Å². The highest BCUT2D eigenvalue weighted by Gasteiger charge is 2.23. The van der Waals surface area contributed by atoms with E-state index in [1.165, 1.54) is 6.21 Å². The number of fused-ring (bicyclic) bond motifs is 1. The van der Waals surface area contributed by atoms with Crippen molar-refractivity contribution in [3.05, 3.63) is 47.0 Å². The Hall–Kier alpha value is -3.42. The van der Waals surface area contributed by atoms with Crippen LogP contribution in [0.4, 0.5) is 0 Å². The molecule has 1 aliphatic heterocycles. The van der Waals surface area contributed by atoms with Gasteiger partial charge in [-0.05, 0) is 47.9 Å². The number of methoxy groups -OCH3 is 4. The van der Waals surface area contributed by atoms with Crippen LogP contribution in [0.15, 0.2) is 35.5 Å². The second kappa shape index (κ2) is 9.87. The minimum absolute atomic E-state index is 0.125. The molecule has 0 fully saturated rings. The highest BCUT2D eigenvalue weighted by Crippen LogP contribution is 2.33. The molecule has 2 aromatic rings. The molecule has 30 heavy (non-hydrogen) atoms. The molecule has 0 bridgehead atoms. The zero-order valence-electron chi connectivity index (χ0n) is 17.6. The fourth-order valence-electron chi connectivity index (χ4n) is 3.31. The molecule has 1 heterocycles. The van der Waals surface area contributed by atoms with Crippen LogP contribution in [0.25, 0.3) is 0 Å². The van der Waals surface area contributed by atoms with E-state index in [2.05, 4.69) is 5.16 Å². The number of nitrogens with zero attached hydrogens (tertiary/aromatic N) is 2. The van der Waals surface area contributed by atoms with E-state index in [0.717, 1.165) is 23.1 Å². The molecule has 2 aromatic carbocycles. The number of hydrogen-bond donors (Lipinski definition) is 0. The van der Waals surface area contributed by atoms with Gasteiger partial charge in [0.05, 0.1) is 34.7 Å². The van der Waals surface area contributed by atoms with Crippen LogP contribution in [0.5, 0.6) is 23.0 Å². The summed E-state index contributed by atoms with van der Waals surface area (Å²) in [6, 6.07) is 9.26. The van der Waals surface area contributed by atoms with Gasteiger partial charge in [0.25, 0.3) is 5.91 Å². The Kier molecular flexibility index (Phi) is 7.00. The van der Waals surface area contributed by atoms with Gasteiger partial charge in [0, 0.05) is 18.7 Å². The van der Waals surface area contributed by atoms with E-state index in [9.17, 15) is 4.79 Å². The smallest absolute Gasteiger partial charge is 0.263 e. The second-order valence-electron chi connectivity index (χ2n) is 6.66. The number of hydrogen-bond acceptors (Lipinski definition) is 7. The van der Waals surface area contributed by atoms with Crippen molar-refractivity contribution in [1.82, 2.24) is 4.90 Å². The number of carbonyl (C=O) groups is 1. The summed E-state index contributed by atoms with van der Waals surface area (Å²) in [5, 5.41) is 3.90. The van der Waals surface area contributed by atoms with Crippen molar-refractivity contribution in [3.63, 3.8) is 0 Å². The largest absolute Gasteiger partial charge is 0.493 e. The summed E-state index contributed by atoms with van der Waals surface area (Å²) in [5.41, 5.74) is 2.97. The van der Waals surface area contributed by atoms with Crippen LogP contribution in [0.2, 0.25) is 0 Å². The van der Waals surface area contributed by atoms with E-state index < -0.39 is 0 Å². The topological polar surface area (TPSA) is 78.8 Å². The van der Waals surface area contributed by atoms with Gasteiger partial charge in [-0.1, -0.05) is 5.16 Å². The molecule has 0 saturated heterocycles. The van der Waals surface area contributed by atoms with Crippen molar-refractivity contribution in [2.24, 2.45) is 5.16 Å². The maximum atomic E-state index is 12.5. The minimum atomic E-state index is -0.133. The first-order chi connectivity index (χ1) is 14.6. The van der Waals surface area contributed by atoms with Crippen LogP contribution in [0.1, 0.15) is 16.7 Å². The van der Waals surface area contributed by atoms with Crippen LogP contribution in [-0.4, -0.2) is 58.6 Å². The van der Waals surface area contributed by atoms with Gasteiger partial charge in [0.15, 0.2) is 29.6 Å². The number of carbonyl (C=O) groups excluding carboxylic acids is 1. The Balaban J connectivity index is 1.57. The molecule has 1 aliphatic rings. The molecule has 3 rings (SSSR count). The predicted molar refractivity (Wildman–Crippen MR) is 112 cm³/mol. The first-order valence-electron chi connectivity index (χ1n) is 9.48. The highest BCUT2D eigenvalue weighted by atomic mass is 16.6. The first kappa shape index (κ1) is 21.3. The molecule has 8 nitrogen and oxygen atoms in total. The van der Waals surface area contributed by atoms with Crippen molar-refractivity contribution in [2.45, 2.75) is 13.0 Å². The average Bonchev–Trinajstić information content (AvgIpc) is 2.79. The molecular formula is C22H26N2O6. The maximum Gasteiger partial charge on any atom is 0.263 e. The Morgan fingerprint density at radius 2 is 1.57 bits per heavy atom. The third kappa shape index (κ3) is 4.76. The summed E-state index contributed by atoms with van der Waals surface area (Å²) in [6.45, 7) is 0.980. The van der Waals surface area contributed by atoms with Gasteiger partial charge in [-0.2, -0.15) is 0 Å². The molecule has 0 atom stereocenters. The number of rotatable bonds is 8. The predicted octanol–water partition coefficient (Wildman–Crippen LogP) is 2.66. The van der Waals surface area contributed by atoms with Crippen LogP contribution >= 0.6 is 0 Å². The zero-order chi connectivity index (χ0) is 21.5. The molecule has 8 heteroatoms. The third-order valence-electron chi connectivity index (χ3n) is 4.94. The lowest BCUT2D eigenvalue weighted by atomic mass is 9.99. The van der Waals surface area contributed by atoms with Crippen LogP contribution in [0.3, 0.4) is 0 Å². The fraction of sp³-hybridized carbons (Fsp3) is 0.364. The Morgan fingerprint density at radius 1 is 0.933 bits per heavy atom. The van der Waals surface area contributed by atoms with Crippen LogP contribution in [0, 0.1) is 0 Å². The molecule has 0 aliphatic carbocycles. The molecule has 0 radical (unpaired) electrons. The summed E-state index contributed by atoms with van der Waals surface area (Å²) >= 11 is 0. The SMILES string of the molecule is COc1ccc(/C=N/OCC(=O)N2CCc3cc(OC)c(OC)cc3C2)cc1OC. The monoisotopic (exact) mass is 414 g/mol. The third-order valence-corrected chi connectivity index (χ3v) is 4.94. The standard InChI is InChI=1S/C22H26N2O6/c1-26-18-6-5-15(9-19(18)27-2)12-23-30-14-22(25)24-8-7-16-10-20(28-3)21(29-4)11-17(16)13-24/h5-6,9-12H,7-8,13-14H2,1-4H3/b23-12+. The molecule has 0 saturated carbocycles. The molecule has 1 amide bonds. The molecule has 0 spiro atoms. The molecule has 160 valence electrons. The van der Waals surface area contributed by atoms with Crippen molar-refractivity contribution in [1.29, 1.82) is 0 Å². The van der Waals surface area contributed by atoms with E-state index in [1.807, 2.05) is 18.2 Å². The molecular weight excluding hydrogens is 388 g/mol. The highest BCUT2D eigenvalue weighted by molar-refractivity contribution is 5.81. The summed E-state index contributed by atoms with van der Waals surface area (Å²) in [4.78, 5) is 19.5. The quantitative estimate of drug-likeness (QED) is 0.488. The van der Waals surface area contributed by atoms with E-state index in [0.29, 0.717) is 36.1 Å². The summed E-state index contributed by atoms with van der Waals surface area (Å²) in [7, 11) is 6.35. The van der Waals surface area contributed by atoms with Gasteiger partial charge in [0.2, 0.25) is 0 Å². The molecule has 0 aromatic heterocycles. The zero-order valence-corrected chi connectivity index (χ0v) is 17.6. The van der Waals surface area contributed by atoms with E-state index >= 15 is 0 Å². The lowest BCUT2D eigenvalue weighted by Crippen LogP contribution is -2.38. The number of oxime groups is 1. The van der Waals surface area contributed by atoms with Gasteiger partial charge >= 0.3 is 0 Å². The number of ether oxygens (including phenoxy) is 4. The summed E-state index contributed by atoms with van der Waals surface area (Å²) in [6.07, 6.45) is 2.27. The molecule has 0 N–H and O–H groups in total. The fourth-order valence-corrected chi connectivity index (χ4v) is 3.31. The second-order valence-corrected chi connectivity index (χ2v) is 6.66. The molecule has 0 unspecified atom stereocenters. The normalized spacial score (nSPS) is 13.0. The maximum absolute atomic E-state index is 12.5. The Bertz CT molecular complexity index is 928. The average molecular weight is 414 g/mol. The Labute approximate surface area is 175 Å². The first-order valence-corrected chi connectivity index (χ1v) is 9.48. The van der Waals surface area contributed by atoms with Crippen molar-refractivity contribution >= 4 is 12.1 Å². The van der Waals surface area contributed by atoms with Crippen molar-refractivity contribution in [3.8, 4) is 23.0 Å². The van der Waals surface area contributed by atoms with E-state index in [-0.39, 0.29) is 12.5 Å². The summed E-state index contributed by atoms with van der Waals surface area (Å²) < 4.78 is 21.2. The van der Waals surface area contributed by atoms with Gasteiger partial charge in [0.1, 0.15) is 0 Å². The lowest BCUT2D eigenvalue weighted by molar-refractivity contribution is -0.137. The van der Waals surface area contributed by atoms with E-state index in [4.69, 9.17) is 23.8 Å². The van der Waals surface area contributed by atoms with Gasteiger partial charge in [-0.15, -0.1) is 0 Å². The van der Waals surface area contributed by atoms with Crippen LogP contribution in [-0.2, 0) is 22.6 Å². The lowest BCUT2D eigenvalue weighted by Gasteiger charge is -2.29. The van der Waals surface area contributed by atoms with Gasteiger partial charge in [-0.25, -0.2) is 0 Å². The van der Waals surface area contributed by atoms with Crippen molar-refractivity contribution in [2.75, 3.05) is 41.6 Å². The van der Waals surface area contributed by atoms with Gasteiger partial charge in [-0.3, -0.25) is 4.79 Å². The Morgan fingerprint density at radius 3 is 2.23 bits per heavy atom. The minimum Gasteiger partial charge on any atom is -0.493 e. The number of amides is 1. The summed E-state index contributed by atoms with van der Waals surface area (Å²) in [5.74, 6) is 2.45. The van der Waals surface area contributed by atoms with Crippen LogP contribution < -0.4 is 18.9 Å². The van der Waals surface area contributed by atoms with Gasteiger partial charge < -0.3 is 28.7 Å².